The first-order valence-electron chi connectivity index (χ1n) is 15.1. The molecule has 0 bridgehead atoms. The summed E-state index contributed by atoms with van der Waals surface area (Å²) in [5.41, 5.74) is 2.50. The minimum Gasteiger partial charge on any atom is -0.478 e. The molecule has 0 unspecified atom stereocenters. The highest BCUT2D eigenvalue weighted by atomic mass is 16.4. The number of fused-ring (bicyclic) bond motifs is 10. The van der Waals surface area contributed by atoms with Gasteiger partial charge in [-0.05, 0) is 93.0 Å². The molecule has 10 nitrogen and oxygen atoms in total. The average Bonchev–Trinajstić information content (AvgIpc) is 3.67. The zero-order valence-electron chi connectivity index (χ0n) is 24.4. The minimum atomic E-state index is -1.08. The van der Waals surface area contributed by atoms with E-state index in [2.05, 4.69) is 0 Å². The van der Waals surface area contributed by atoms with Crippen LogP contribution in [0.4, 0.5) is 0 Å². The Balaban J connectivity index is 1.31. The van der Waals surface area contributed by atoms with E-state index in [1.807, 2.05) is 48.5 Å². The van der Waals surface area contributed by atoms with E-state index in [4.69, 9.17) is 9.97 Å². The summed E-state index contributed by atoms with van der Waals surface area (Å²) in [5, 5.41) is 28.8. The molecule has 4 heterocycles. The molecule has 0 aliphatic rings. The maximum absolute atomic E-state index is 14.1. The highest BCUT2D eigenvalue weighted by Gasteiger charge is 2.24. The van der Waals surface area contributed by atoms with Crippen LogP contribution in [0.5, 0.6) is 0 Å². The molecule has 11 rings (SSSR count). The van der Waals surface area contributed by atoms with Crippen molar-refractivity contribution < 1.29 is 19.8 Å². The maximum Gasteiger partial charge on any atom is 0.335 e. The predicted molar refractivity (Wildman–Crippen MR) is 184 cm³/mol. The summed E-state index contributed by atoms with van der Waals surface area (Å²) in [6.07, 6.45) is 0. The van der Waals surface area contributed by atoms with Crippen molar-refractivity contribution in [3.8, 4) is 0 Å². The number of hydrogen-bond donors (Lipinski definition) is 2. The number of carbonyl (C=O) groups is 2. The van der Waals surface area contributed by atoms with Crippen molar-refractivity contribution in [2.45, 2.75) is 0 Å². The van der Waals surface area contributed by atoms with E-state index in [0.29, 0.717) is 44.1 Å². The van der Waals surface area contributed by atoms with Gasteiger partial charge < -0.3 is 10.2 Å². The zero-order chi connectivity index (χ0) is 32.3. The fourth-order valence-corrected chi connectivity index (χ4v) is 8.05. The number of aromatic nitrogens is 4. The molecule has 0 saturated carbocycles. The Morgan fingerprint density at radius 3 is 1.42 bits per heavy atom. The number of rotatable bonds is 2. The van der Waals surface area contributed by atoms with Crippen LogP contribution in [-0.2, 0) is 0 Å². The monoisotopic (exact) mass is 624 g/mol. The van der Waals surface area contributed by atoms with Crippen molar-refractivity contribution in [1.29, 1.82) is 0 Å². The molecule has 11 aromatic rings. The van der Waals surface area contributed by atoms with Crippen molar-refractivity contribution in [2.24, 2.45) is 0 Å². The van der Waals surface area contributed by atoms with Crippen molar-refractivity contribution in [3.05, 3.63) is 117 Å². The van der Waals surface area contributed by atoms with Gasteiger partial charge in [-0.2, -0.15) is 0 Å². The number of pyridine rings is 2. The molecule has 48 heavy (non-hydrogen) atoms. The second-order valence-corrected chi connectivity index (χ2v) is 12.3. The number of aromatic carboxylic acids is 2. The maximum atomic E-state index is 14.1. The van der Waals surface area contributed by atoms with Crippen LogP contribution in [0.1, 0.15) is 20.7 Å². The van der Waals surface area contributed by atoms with Crippen LogP contribution in [0.15, 0.2) is 94.5 Å². The molecule has 0 aliphatic heterocycles. The second kappa shape index (κ2) is 8.06. The number of benzene rings is 7. The van der Waals surface area contributed by atoms with Crippen molar-refractivity contribution in [3.63, 3.8) is 0 Å². The van der Waals surface area contributed by atoms with E-state index in [9.17, 15) is 29.4 Å². The van der Waals surface area contributed by atoms with Crippen molar-refractivity contribution >= 4 is 110 Å². The van der Waals surface area contributed by atoms with Gasteiger partial charge in [-0.1, -0.05) is 24.3 Å². The lowest BCUT2D eigenvalue weighted by atomic mass is 9.86. The molecule has 2 N–H and O–H groups in total. The highest BCUT2D eigenvalue weighted by molar-refractivity contribution is 6.40. The van der Waals surface area contributed by atoms with Gasteiger partial charge >= 0.3 is 11.9 Å². The minimum absolute atomic E-state index is 0.0738. The molecule has 0 spiro atoms. The van der Waals surface area contributed by atoms with Gasteiger partial charge in [-0.25, -0.2) is 19.6 Å². The van der Waals surface area contributed by atoms with Crippen LogP contribution in [0.2, 0.25) is 0 Å². The summed E-state index contributed by atoms with van der Waals surface area (Å²) < 4.78 is 3.06. The molecule has 224 valence electrons. The van der Waals surface area contributed by atoms with Gasteiger partial charge in [0.05, 0.1) is 33.2 Å². The van der Waals surface area contributed by atoms with Gasteiger partial charge in [0.1, 0.15) is 11.3 Å². The summed E-state index contributed by atoms with van der Waals surface area (Å²) >= 11 is 0. The smallest absolute Gasteiger partial charge is 0.335 e. The standard InChI is InChI=1S/C38H16N4O6/c43-35-23-9-5-19-20-6-10-24-31-21(33-39-25-11-1-16(38(47)48)14-28(25)42(33)36(24)44)7-3-17(29(20)31)18-4-8-22(32(23)30(18)19)34-40-26-13-15(37(45)46)2-12-27(26)41(34)35/h1-14H,(H,45,46)(H,47,48). The van der Waals surface area contributed by atoms with Gasteiger partial charge in [0.15, 0.2) is 0 Å². The Kier molecular flexibility index (Phi) is 4.25. The second-order valence-electron chi connectivity index (χ2n) is 12.3. The third kappa shape index (κ3) is 2.76. The van der Waals surface area contributed by atoms with Gasteiger partial charge in [0.2, 0.25) is 0 Å². The zero-order valence-corrected chi connectivity index (χ0v) is 24.4. The molecular weight excluding hydrogens is 608 g/mol. The number of carboxylic acids is 2. The summed E-state index contributed by atoms with van der Waals surface area (Å²) in [7, 11) is 0. The topological polar surface area (TPSA) is 143 Å². The van der Waals surface area contributed by atoms with Crippen LogP contribution in [0.3, 0.4) is 0 Å². The Hall–Kier alpha value is -6.94. The van der Waals surface area contributed by atoms with E-state index in [1.54, 1.807) is 16.5 Å². The molecule has 10 heteroatoms. The summed E-state index contributed by atoms with van der Waals surface area (Å²) in [4.78, 5) is 61.2. The molecular formula is C38H16N4O6. The van der Waals surface area contributed by atoms with Gasteiger partial charge in [0.25, 0.3) is 11.1 Å². The third-order valence-electron chi connectivity index (χ3n) is 10.1. The quantitative estimate of drug-likeness (QED) is 0.161. The third-order valence-corrected chi connectivity index (χ3v) is 10.1. The van der Waals surface area contributed by atoms with Gasteiger partial charge in [-0.15, -0.1) is 0 Å². The van der Waals surface area contributed by atoms with E-state index < -0.39 is 11.9 Å². The van der Waals surface area contributed by atoms with E-state index >= 15 is 0 Å². The Labute approximate surface area is 264 Å². The molecule has 0 radical (unpaired) electrons. The fraction of sp³-hybridized carbons (Fsp3) is 0. The van der Waals surface area contributed by atoms with Crippen LogP contribution in [0.25, 0.3) is 98.0 Å². The largest absolute Gasteiger partial charge is 0.478 e. The average molecular weight is 625 g/mol. The SMILES string of the molecule is O=C(O)c1ccc2c(c1)nc1c3ccc4c5ccc6c7c(ccc(c8ccc(c(=O)n21)c3c84)c57)c(=O)n1c2cc(C(=O)O)ccc2nc61. The van der Waals surface area contributed by atoms with Crippen LogP contribution >= 0.6 is 0 Å². The van der Waals surface area contributed by atoms with Crippen LogP contribution in [0, 0.1) is 0 Å². The highest BCUT2D eigenvalue weighted by Crippen LogP contribution is 2.45. The molecule has 0 aliphatic carbocycles. The molecule has 0 amide bonds. The summed E-state index contributed by atoms with van der Waals surface area (Å²) in [5.74, 6) is -2.15. The fourth-order valence-electron chi connectivity index (χ4n) is 8.05. The number of hydrogen-bond acceptors (Lipinski definition) is 6. The molecule has 0 atom stereocenters. The lowest BCUT2D eigenvalue weighted by molar-refractivity contribution is 0.0686. The van der Waals surface area contributed by atoms with Crippen molar-refractivity contribution in [2.75, 3.05) is 0 Å². The van der Waals surface area contributed by atoms with Gasteiger partial charge in [-0.3, -0.25) is 18.4 Å². The Bertz CT molecular complexity index is 3370. The molecule has 0 saturated heterocycles. The lowest BCUT2D eigenvalue weighted by Gasteiger charge is -2.18. The number of carboxylic acid groups (broad SMARTS) is 2. The lowest BCUT2D eigenvalue weighted by Crippen LogP contribution is -2.14. The Morgan fingerprint density at radius 2 is 0.875 bits per heavy atom. The van der Waals surface area contributed by atoms with Crippen LogP contribution < -0.4 is 11.1 Å². The number of nitrogens with zero attached hydrogens (tertiary/aromatic N) is 4. The van der Waals surface area contributed by atoms with Gasteiger partial charge in [0, 0.05) is 32.3 Å². The van der Waals surface area contributed by atoms with E-state index in [-0.39, 0.29) is 22.2 Å². The Morgan fingerprint density at radius 1 is 0.458 bits per heavy atom. The van der Waals surface area contributed by atoms with E-state index in [0.717, 1.165) is 53.9 Å². The predicted octanol–water partition coefficient (Wildman–Crippen LogP) is 6.64. The molecule has 4 aromatic heterocycles. The molecule has 7 aromatic carbocycles. The first-order valence-corrected chi connectivity index (χ1v) is 15.1. The van der Waals surface area contributed by atoms with Crippen LogP contribution in [-0.4, -0.2) is 40.9 Å². The molecule has 0 fully saturated rings. The normalized spacial score (nSPS) is 12.7. The van der Waals surface area contributed by atoms with Crippen molar-refractivity contribution in [1.82, 2.24) is 18.8 Å². The van der Waals surface area contributed by atoms with E-state index in [1.165, 1.54) is 28.7 Å². The summed E-state index contributed by atoms with van der Waals surface area (Å²) in [6.45, 7) is 0. The first kappa shape index (κ1) is 25.3. The summed E-state index contributed by atoms with van der Waals surface area (Å²) in [6, 6.07) is 24.7. The number of imidazole rings is 2. The first-order chi connectivity index (χ1) is 23.3.